The van der Waals surface area contributed by atoms with Crippen LogP contribution in [-0.2, 0) is 23.0 Å². The minimum atomic E-state index is -5.75. The van der Waals surface area contributed by atoms with Gasteiger partial charge in [-0.25, -0.2) is 0 Å². The van der Waals surface area contributed by atoms with E-state index in [0.29, 0.717) is 6.42 Å². The highest BCUT2D eigenvalue weighted by Crippen LogP contribution is 2.39. The minimum Gasteiger partial charge on any atom is -0.490 e. The van der Waals surface area contributed by atoms with Crippen LogP contribution in [0.4, 0.5) is 13.2 Å². The van der Waals surface area contributed by atoms with Gasteiger partial charge in [0.25, 0.3) is 0 Å². The molecule has 1 aromatic carbocycles. The van der Waals surface area contributed by atoms with Gasteiger partial charge in [-0.05, 0) is 69.0 Å². The Kier molecular flexibility index (Phi) is 7.02. The molecule has 0 heterocycles. The van der Waals surface area contributed by atoms with Crippen LogP contribution in [0.3, 0.4) is 0 Å². The van der Waals surface area contributed by atoms with Crippen molar-refractivity contribution in [3.8, 4) is 11.5 Å². The van der Waals surface area contributed by atoms with Crippen molar-refractivity contribution in [1.82, 2.24) is 4.90 Å². The number of alkyl halides is 3. The van der Waals surface area contributed by atoms with Crippen molar-refractivity contribution in [3.05, 3.63) is 23.3 Å². The van der Waals surface area contributed by atoms with Crippen LogP contribution in [0.25, 0.3) is 0 Å². The summed E-state index contributed by atoms with van der Waals surface area (Å²) >= 11 is 0. The second kappa shape index (κ2) is 8.68. The number of rotatable bonds is 9. The van der Waals surface area contributed by atoms with Gasteiger partial charge in [0.2, 0.25) is 0 Å². The van der Waals surface area contributed by atoms with Crippen LogP contribution >= 0.6 is 0 Å². The Morgan fingerprint density at radius 1 is 1.04 bits per heavy atom. The normalized spacial score (nSPS) is 17.2. The first kappa shape index (κ1) is 21.8. The zero-order valence-corrected chi connectivity index (χ0v) is 16.6. The molecule has 1 atom stereocenters. The van der Waals surface area contributed by atoms with Gasteiger partial charge in [-0.15, -0.1) is 0 Å². The highest BCUT2D eigenvalue weighted by Gasteiger charge is 2.49. The summed E-state index contributed by atoms with van der Waals surface area (Å²) in [5, 5.41) is 0. The van der Waals surface area contributed by atoms with E-state index in [1.54, 1.807) is 13.0 Å². The van der Waals surface area contributed by atoms with Gasteiger partial charge in [-0.2, -0.15) is 21.6 Å². The summed E-state index contributed by atoms with van der Waals surface area (Å²) in [6, 6.07) is 3.22. The van der Waals surface area contributed by atoms with E-state index >= 15 is 0 Å². The standard InChI is InChI=1S/C18H26F3NO4S/c1-4-7-22(8-5-2)15-9-13-11-16(25-6-3)17(12-14(13)10-15)26-27(23,24)18(19,20)21/h11-12,15H,4-10H2,1-3H3. The third kappa shape index (κ3) is 5.07. The molecule has 0 fully saturated rings. The summed E-state index contributed by atoms with van der Waals surface area (Å²) in [6.07, 6.45) is 3.41. The molecule has 0 aromatic heterocycles. The maximum atomic E-state index is 12.7. The van der Waals surface area contributed by atoms with E-state index in [2.05, 4.69) is 22.9 Å². The fraction of sp³-hybridized carbons (Fsp3) is 0.667. The van der Waals surface area contributed by atoms with Crippen molar-refractivity contribution >= 4 is 10.1 Å². The SMILES string of the molecule is CCCN(CCC)C1Cc2cc(OCC)c(OS(=O)(=O)C(F)(F)F)cc2C1. The highest BCUT2D eigenvalue weighted by molar-refractivity contribution is 7.88. The molecule has 5 nitrogen and oxygen atoms in total. The van der Waals surface area contributed by atoms with Crippen LogP contribution in [0.5, 0.6) is 11.5 Å². The van der Waals surface area contributed by atoms with Crippen LogP contribution in [0.1, 0.15) is 44.7 Å². The molecular formula is C18H26F3NO4S. The quantitative estimate of drug-likeness (QED) is 0.457. The Hall–Kier alpha value is -1.48. The number of fused-ring (bicyclic) bond motifs is 1. The summed E-state index contributed by atoms with van der Waals surface area (Å²) in [4.78, 5) is 2.37. The van der Waals surface area contributed by atoms with Crippen molar-refractivity contribution in [2.24, 2.45) is 0 Å². The average Bonchev–Trinajstić information content (AvgIpc) is 2.96. The Bertz CT molecular complexity index is 744. The minimum absolute atomic E-state index is 0.0160. The number of hydrogen-bond acceptors (Lipinski definition) is 5. The van der Waals surface area contributed by atoms with Crippen molar-refractivity contribution in [1.29, 1.82) is 0 Å². The number of halogens is 3. The molecule has 2 rings (SSSR count). The van der Waals surface area contributed by atoms with Crippen molar-refractivity contribution in [2.75, 3.05) is 19.7 Å². The van der Waals surface area contributed by atoms with Gasteiger partial charge in [-0.3, -0.25) is 4.90 Å². The molecule has 0 spiro atoms. The fourth-order valence-corrected chi connectivity index (χ4v) is 3.87. The molecule has 9 heteroatoms. The summed E-state index contributed by atoms with van der Waals surface area (Å²) in [5.74, 6) is -0.395. The smallest absolute Gasteiger partial charge is 0.490 e. The Morgan fingerprint density at radius 2 is 1.56 bits per heavy atom. The molecule has 0 aliphatic heterocycles. The average molecular weight is 409 g/mol. The Balaban J connectivity index is 2.32. The van der Waals surface area contributed by atoms with Crippen molar-refractivity contribution in [3.63, 3.8) is 0 Å². The van der Waals surface area contributed by atoms with Gasteiger partial charge in [-0.1, -0.05) is 13.8 Å². The second-order valence-electron chi connectivity index (χ2n) is 6.58. The third-order valence-corrected chi connectivity index (χ3v) is 5.46. The molecule has 1 unspecified atom stereocenters. The van der Waals surface area contributed by atoms with Gasteiger partial charge in [0.15, 0.2) is 11.5 Å². The molecule has 27 heavy (non-hydrogen) atoms. The molecule has 0 saturated heterocycles. The zero-order chi connectivity index (χ0) is 20.2. The maximum Gasteiger partial charge on any atom is 0.534 e. The van der Waals surface area contributed by atoms with Gasteiger partial charge >= 0.3 is 15.6 Å². The topological polar surface area (TPSA) is 55.8 Å². The molecule has 0 saturated carbocycles. The Labute approximate surface area is 158 Å². The second-order valence-corrected chi connectivity index (χ2v) is 8.12. The first-order chi connectivity index (χ1) is 12.6. The van der Waals surface area contributed by atoms with Crippen LogP contribution in [0.15, 0.2) is 12.1 Å². The first-order valence-corrected chi connectivity index (χ1v) is 10.6. The summed E-state index contributed by atoms with van der Waals surface area (Å²) < 4.78 is 70.6. The maximum absolute atomic E-state index is 12.7. The Morgan fingerprint density at radius 3 is 2.00 bits per heavy atom. The lowest BCUT2D eigenvalue weighted by Crippen LogP contribution is -2.37. The molecule has 0 radical (unpaired) electrons. The van der Waals surface area contributed by atoms with E-state index < -0.39 is 21.4 Å². The van der Waals surface area contributed by atoms with E-state index in [1.807, 2.05) is 0 Å². The summed E-state index contributed by atoms with van der Waals surface area (Å²) in [7, 11) is -5.75. The van der Waals surface area contributed by atoms with Gasteiger partial charge in [0, 0.05) is 6.04 Å². The number of hydrogen-bond donors (Lipinski definition) is 0. The number of ether oxygens (including phenoxy) is 1. The zero-order valence-electron chi connectivity index (χ0n) is 15.8. The van der Waals surface area contributed by atoms with Crippen molar-refractivity contribution in [2.45, 2.75) is 58.0 Å². The monoisotopic (exact) mass is 409 g/mol. The first-order valence-electron chi connectivity index (χ1n) is 9.16. The molecule has 1 aromatic rings. The molecule has 1 aliphatic rings. The van der Waals surface area contributed by atoms with E-state index in [4.69, 9.17) is 4.74 Å². The van der Waals surface area contributed by atoms with Crippen LogP contribution in [0.2, 0.25) is 0 Å². The molecular weight excluding hydrogens is 383 g/mol. The lowest BCUT2D eigenvalue weighted by atomic mass is 10.1. The summed E-state index contributed by atoms with van der Waals surface area (Å²) in [5.41, 5.74) is -3.73. The van der Waals surface area contributed by atoms with E-state index in [9.17, 15) is 21.6 Å². The van der Waals surface area contributed by atoms with E-state index in [1.165, 1.54) is 6.07 Å². The van der Waals surface area contributed by atoms with Crippen LogP contribution < -0.4 is 8.92 Å². The predicted molar refractivity (Wildman–Crippen MR) is 96.6 cm³/mol. The van der Waals surface area contributed by atoms with Gasteiger partial charge in [0.1, 0.15) is 0 Å². The molecule has 0 N–H and O–H groups in total. The largest absolute Gasteiger partial charge is 0.534 e. The van der Waals surface area contributed by atoms with Gasteiger partial charge in [0.05, 0.1) is 6.61 Å². The van der Waals surface area contributed by atoms with E-state index in [0.717, 1.165) is 43.5 Å². The highest BCUT2D eigenvalue weighted by atomic mass is 32.2. The number of nitrogens with zero attached hydrogens (tertiary/aromatic N) is 1. The van der Waals surface area contributed by atoms with Crippen LogP contribution in [0, 0.1) is 0 Å². The third-order valence-electron chi connectivity index (χ3n) is 4.50. The van der Waals surface area contributed by atoms with Crippen molar-refractivity contribution < 1.29 is 30.5 Å². The molecule has 0 bridgehead atoms. The summed E-state index contributed by atoms with van der Waals surface area (Å²) in [6.45, 7) is 7.94. The number of benzene rings is 1. The van der Waals surface area contributed by atoms with Crippen LogP contribution in [-0.4, -0.2) is 44.6 Å². The fourth-order valence-electron chi connectivity index (χ4n) is 3.41. The molecule has 154 valence electrons. The van der Waals surface area contributed by atoms with Gasteiger partial charge < -0.3 is 8.92 Å². The lowest BCUT2D eigenvalue weighted by Gasteiger charge is -2.27. The molecule has 1 aliphatic carbocycles. The molecule has 0 amide bonds. The van der Waals surface area contributed by atoms with E-state index in [-0.39, 0.29) is 18.4 Å². The predicted octanol–water partition coefficient (Wildman–Crippen LogP) is 3.90. The lowest BCUT2D eigenvalue weighted by molar-refractivity contribution is -0.0500.